The number of hydrogen-bond donors (Lipinski definition) is 1. The molecule has 1 N–H and O–H groups in total. The first kappa shape index (κ1) is 17.2. The summed E-state index contributed by atoms with van der Waals surface area (Å²) in [5.41, 5.74) is 3.74. The second-order valence-corrected chi connectivity index (χ2v) is 6.69. The number of hydrogen-bond acceptors (Lipinski definition) is 3. The van der Waals surface area contributed by atoms with Gasteiger partial charge in [-0.2, -0.15) is 5.10 Å². The molecule has 0 aliphatic carbocycles. The van der Waals surface area contributed by atoms with Crippen LogP contribution in [0.2, 0.25) is 0 Å². The summed E-state index contributed by atoms with van der Waals surface area (Å²) in [6.45, 7) is 12.1. The van der Waals surface area contributed by atoms with Gasteiger partial charge in [0.1, 0.15) is 0 Å². The van der Waals surface area contributed by atoms with Crippen molar-refractivity contribution in [1.29, 1.82) is 0 Å². The van der Waals surface area contributed by atoms with Crippen molar-refractivity contribution in [2.75, 3.05) is 20.6 Å². The van der Waals surface area contributed by atoms with Gasteiger partial charge >= 0.3 is 0 Å². The van der Waals surface area contributed by atoms with Crippen LogP contribution in [0.25, 0.3) is 0 Å². The van der Waals surface area contributed by atoms with Crippen molar-refractivity contribution < 1.29 is 0 Å². The van der Waals surface area contributed by atoms with Gasteiger partial charge in [-0.15, -0.1) is 0 Å². The smallest absolute Gasteiger partial charge is 0.0644 e. The van der Waals surface area contributed by atoms with E-state index in [-0.39, 0.29) is 0 Å². The zero-order chi connectivity index (χ0) is 15.4. The molecule has 0 amide bonds. The Hall–Kier alpha value is -0.870. The molecule has 1 rings (SSSR count). The number of likely N-dealkylation sites (N-methyl/N-ethyl adjacent to an activating group) is 1. The van der Waals surface area contributed by atoms with Crippen LogP contribution in [0.1, 0.15) is 50.2 Å². The summed E-state index contributed by atoms with van der Waals surface area (Å²) in [4.78, 5) is 2.26. The van der Waals surface area contributed by atoms with Crippen LogP contribution in [0.15, 0.2) is 0 Å². The second kappa shape index (κ2) is 7.23. The molecule has 116 valence electrons. The first-order valence-corrected chi connectivity index (χ1v) is 7.63. The van der Waals surface area contributed by atoms with E-state index in [0.717, 1.165) is 12.2 Å². The standard InChI is InChI=1S/C16H32N4/c1-11(2)9-15(10-19(6)7)17-12(3)16-13(4)18-20(8)14(16)5/h11-12,15,17H,9-10H2,1-8H3. The van der Waals surface area contributed by atoms with Gasteiger partial charge < -0.3 is 10.2 Å². The van der Waals surface area contributed by atoms with Gasteiger partial charge in [0, 0.05) is 36.9 Å². The van der Waals surface area contributed by atoms with Crippen LogP contribution in [0.4, 0.5) is 0 Å². The zero-order valence-electron chi connectivity index (χ0n) is 14.5. The highest BCUT2D eigenvalue weighted by atomic mass is 15.3. The van der Waals surface area contributed by atoms with Gasteiger partial charge in [-0.25, -0.2) is 0 Å². The molecule has 20 heavy (non-hydrogen) atoms. The van der Waals surface area contributed by atoms with Crippen molar-refractivity contribution >= 4 is 0 Å². The minimum absolute atomic E-state index is 0.340. The summed E-state index contributed by atoms with van der Waals surface area (Å²) in [5, 5.41) is 8.32. The van der Waals surface area contributed by atoms with E-state index in [1.54, 1.807) is 0 Å². The summed E-state index contributed by atoms with van der Waals surface area (Å²) in [7, 11) is 6.30. The maximum atomic E-state index is 4.53. The molecule has 1 aromatic heterocycles. The summed E-state index contributed by atoms with van der Waals surface area (Å²) < 4.78 is 1.98. The lowest BCUT2D eigenvalue weighted by molar-refractivity contribution is 0.290. The van der Waals surface area contributed by atoms with E-state index in [0.29, 0.717) is 18.0 Å². The minimum Gasteiger partial charge on any atom is -0.308 e. The lowest BCUT2D eigenvalue weighted by Crippen LogP contribution is -2.40. The Kier molecular flexibility index (Phi) is 6.21. The Morgan fingerprint density at radius 3 is 2.20 bits per heavy atom. The molecule has 0 aliphatic heterocycles. The largest absolute Gasteiger partial charge is 0.308 e. The van der Waals surface area contributed by atoms with Gasteiger partial charge in [0.15, 0.2) is 0 Å². The highest BCUT2D eigenvalue weighted by molar-refractivity contribution is 5.27. The van der Waals surface area contributed by atoms with Crippen LogP contribution in [0.5, 0.6) is 0 Å². The van der Waals surface area contributed by atoms with Crippen LogP contribution in [0, 0.1) is 19.8 Å². The van der Waals surface area contributed by atoms with Gasteiger partial charge in [0.25, 0.3) is 0 Å². The van der Waals surface area contributed by atoms with E-state index in [4.69, 9.17) is 0 Å². The van der Waals surface area contributed by atoms with Crippen molar-refractivity contribution in [3.8, 4) is 0 Å². The fraction of sp³-hybridized carbons (Fsp3) is 0.812. The fourth-order valence-corrected chi connectivity index (χ4v) is 3.06. The molecule has 0 radical (unpaired) electrons. The van der Waals surface area contributed by atoms with Gasteiger partial charge in [-0.05, 0) is 47.2 Å². The molecule has 4 heteroatoms. The van der Waals surface area contributed by atoms with E-state index < -0.39 is 0 Å². The Morgan fingerprint density at radius 2 is 1.80 bits per heavy atom. The third-order valence-electron chi connectivity index (χ3n) is 3.83. The average Bonchev–Trinajstić information content (AvgIpc) is 2.50. The number of nitrogens with one attached hydrogen (secondary N) is 1. The predicted octanol–water partition coefficient (Wildman–Crippen LogP) is 2.66. The molecule has 0 spiro atoms. The van der Waals surface area contributed by atoms with E-state index >= 15 is 0 Å². The fourth-order valence-electron chi connectivity index (χ4n) is 3.06. The number of nitrogens with zero attached hydrogens (tertiary/aromatic N) is 3. The van der Waals surface area contributed by atoms with Crippen LogP contribution in [0.3, 0.4) is 0 Å². The molecule has 2 unspecified atom stereocenters. The molecule has 1 heterocycles. The summed E-state index contributed by atoms with van der Waals surface area (Å²) >= 11 is 0. The van der Waals surface area contributed by atoms with Crippen molar-refractivity contribution in [2.45, 2.75) is 53.1 Å². The Morgan fingerprint density at radius 1 is 1.20 bits per heavy atom. The molecule has 4 nitrogen and oxygen atoms in total. The first-order chi connectivity index (χ1) is 9.22. The van der Waals surface area contributed by atoms with E-state index in [9.17, 15) is 0 Å². The highest BCUT2D eigenvalue weighted by Crippen LogP contribution is 2.22. The van der Waals surface area contributed by atoms with Gasteiger partial charge in [0.05, 0.1) is 5.69 Å². The zero-order valence-corrected chi connectivity index (χ0v) is 14.5. The second-order valence-electron chi connectivity index (χ2n) is 6.69. The van der Waals surface area contributed by atoms with Crippen molar-refractivity contribution in [2.24, 2.45) is 13.0 Å². The molecular weight excluding hydrogens is 248 g/mol. The molecule has 2 atom stereocenters. The number of aryl methyl sites for hydroxylation is 2. The van der Waals surface area contributed by atoms with Crippen molar-refractivity contribution in [1.82, 2.24) is 20.0 Å². The quantitative estimate of drug-likeness (QED) is 0.833. The van der Waals surface area contributed by atoms with E-state index in [2.05, 4.69) is 64.0 Å². The topological polar surface area (TPSA) is 33.1 Å². The van der Waals surface area contributed by atoms with E-state index in [1.165, 1.54) is 17.7 Å². The Bertz CT molecular complexity index is 410. The van der Waals surface area contributed by atoms with Gasteiger partial charge in [-0.3, -0.25) is 4.68 Å². The van der Waals surface area contributed by atoms with Gasteiger partial charge in [-0.1, -0.05) is 13.8 Å². The molecule has 0 aliphatic rings. The van der Waals surface area contributed by atoms with Crippen molar-refractivity contribution in [3.05, 3.63) is 17.0 Å². The molecule has 0 saturated carbocycles. The third kappa shape index (κ3) is 4.60. The predicted molar refractivity (Wildman–Crippen MR) is 86.0 cm³/mol. The van der Waals surface area contributed by atoms with E-state index in [1.807, 2.05) is 11.7 Å². The number of rotatable bonds is 7. The van der Waals surface area contributed by atoms with Crippen LogP contribution < -0.4 is 5.32 Å². The lowest BCUT2D eigenvalue weighted by Gasteiger charge is -2.27. The molecule has 0 saturated heterocycles. The monoisotopic (exact) mass is 280 g/mol. The van der Waals surface area contributed by atoms with Crippen molar-refractivity contribution in [3.63, 3.8) is 0 Å². The molecule has 0 aromatic carbocycles. The number of aromatic nitrogens is 2. The van der Waals surface area contributed by atoms with Crippen LogP contribution in [-0.4, -0.2) is 41.4 Å². The van der Waals surface area contributed by atoms with Crippen LogP contribution in [-0.2, 0) is 7.05 Å². The Labute approximate surface area is 124 Å². The Balaban J connectivity index is 2.81. The molecule has 1 aromatic rings. The highest BCUT2D eigenvalue weighted by Gasteiger charge is 2.20. The average molecular weight is 280 g/mol. The lowest BCUT2D eigenvalue weighted by atomic mass is 10.00. The third-order valence-corrected chi connectivity index (χ3v) is 3.83. The first-order valence-electron chi connectivity index (χ1n) is 7.63. The normalized spacial score (nSPS) is 15.1. The van der Waals surface area contributed by atoms with Gasteiger partial charge in [0.2, 0.25) is 0 Å². The minimum atomic E-state index is 0.340. The molecular formula is C16H32N4. The summed E-state index contributed by atoms with van der Waals surface area (Å²) in [6, 6.07) is 0.853. The maximum Gasteiger partial charge on any atom is 0.0644 e. The SMILES string of the molecule is Cc1nn(C)c(C)c1C(C)NC(CC(C)C)CN(C)C. The molecule has 0 bridgehead atoms. The summed E-state index contributed by atoms with van der Waals surface area (Å²) in [6.07, 6.45) is 1.20. The maximum absolute atomic E-state index is 4.53. The summed E-state index contributed by atoms with van der Waals surface area (Å²) in [5.74, 6) is 0.704. The van der Waals surface area contributed by atoms with Crippen LogP contribution >= 0.6 is 0 Å². The molecule has 0 fully saturated rings.